The second kappa shape index (κ2) is 5.18. The molecule has 2 amide bonds. The summed E-state index contributed by atoms with van der Waals surface area (Å²) in [6, 6.07) is 10.4. The summed E-state index contributed by atoms with van der Waals surface area (Å²) >= 11 is 7.39. The van der Waals surface area contributed by atoms with Crippen molar-refractivity contribution >= 4 is 46.2 Å². The highest BCUT2D eigenvalue weighted by Crippen LogP contribution is 2.39. The smallest absolute Gasteiger partial charge is 0.281 e. The largest absolute Gasteiger partial charge is 0.378 e. The molecule has 1 spiro atoms. The minimum absolute atomic E-state index is 0.00711. The average Bonchev–Trinajstić information content (AvgIpc) is 3.23. The van der Waals surface area contributed by atoms with Gasteiger partial charge in [-0.15, -0.1) is 11.3 Å². The van der Waals surface area contributed by atoms with Crippen molar-refractivity contribution in [1.29, 1.82) is 0 Å². The monoisotopic (exact) mass is 346 g/mol. The topological polar surface area (TPSA) is 59.0 Å². The van der Waals surface area contributed by atoms with Gasteiger partial charge in [0.1, 0.15) is 5.71 Å². The Labute approximate surface area is 141 Å². The van der Waals surface area contributed by atoms with Gasteiger partial charge in [-0.1, -0.05) is 22.8 Å². The molecule has 1 aromatic carbocycles. The van der Waals surface area contributed by atoms with E-state index in [0.29, 0.717) is 22.8 Å². The first-order chi connectivity index (χ1) is 11.1. The van der Waals surface area contributed by atoms with E-state index < -0.39 is 5.60 Å². The predicted molar refractivity (Wildman–Crippen MR) is 87.9 cm³/mol. The molecule has 1 saturated heterocycles. The molecule has 2 aromatic rings. The maximum Gasteiger partial charge on any atom is 0.281 e. The number of benzene rings is 1. The van der Waals surface area contributed by atoms with Gasteiger partial charge in [0, 0.05) is 11.4 Å². The summed E-state index contributed by atoms with van der Waals surface area (Å²) in [6.45, 7) is 0. The quantitative estimate of drug-likeness (QED) is 0.784. The molecule has 5 nitrogen and oxygen atoms in total. The van der Waals surface area contributed by atoms with Crippen molar-refractivity contribution in [1.82, 2.24) is 0 Å². The minimum atomic E-state index is -1.21. The van der Waals surface area contributed by atoms with Crippen LogP contribution in [0.15, 0.2) is 46.9 Å². The Kier molecular flexibility index (Phi) is 3.25. The van der Waals surface area contributed by atoms with Gasteiger partial charge >= 0.3 is 0 Å². The van der Waals surface area contributed by atoms with Crippen LogP contribution in [-0.4, -0.2) is 23.1 Å². The van der Waals surface area contributed by atoms with E-state index in [9.17, 15) is 9.59 Å². The van der Waals surface area contributed by atoms with Crippen LogP contribution < -0.4 is 4.90 Å². The van der Waals surface area contributed by atoms with E-state index in [4.69, 9.17) is 16.4 Å². The number of anilines is 1. The molecule has 116 valence electrons. The van der Waals surface area contributed by atoms with E-state index >= 15 is 0 Å². The van der Waals surface area contributed by atoms with Gasteiger partial charge in [-0.3, -0.25) is 9.59 Å². The lowest BCUT2D eigenvalue weighted by Gasteiger charge is -2.19. The molecule has 7 heteroatoms. The summed E-state index contributed by atoms with van der Waals surface area (Å²) < 4.78 is 0. The highest BCUT2D eigenvalue weighted by Gasteiger charge is 2.58. The highest BCUT2D eigenvalue weighted by molar-refractivity contribution is 7.12. The lowest BCUT2D eigenvalue weighted by molar-refractivity contribution is -0.136. The van der Waals surface area contributed by atoms with Crippen LogP contribution in [0.1, 0.15) is 17.7 Å². The number of amides is 2. The molecular formula is C16H11ClN2O3S. The Morgan fingerprint density at radius 1 is 1.17 bits per heavy atom. The van der Waals surface area contributed by atoms with E-state index in [1.54, 1.807) is 24.3 Å². The fourth-order valence-electron chi connectivity index (χ4n) is 2.83. The van der Waals surface area contributed by atoms with E-state index in [0.717, 1.165) is 9.78 Å². The SMILES string of the molecule is O=C1C[C@@]2(CC(c3cccs3)=NO2)C(=O)N1c1ccc(Cl)cc1. The van der Waals surface area contributed by atoms with Crippen LogP contribution in [0.5, 0.6) is 0 Å². The summed E-state index contributed by atoms with van der Waals surface area (Å²) in [5, 5.41) is 6.53. The van der Waals surface area contributed by atoms with Crippen molar-refractivity contribution in [2.75, 3.05) is 4.90 Å². The van der Waals surface area contributed by atoms with Crippen LogP contribution in [0.25, 0.3) is 0 Å². The van der Waals surface area contributed by atoms with E-state index in [1.807, 2.05) is 17.5 Å². The number of carbonyl (C=O) groups excluding carboxylic acids is 2. The maximum absolute atomic E-state index is 12.8. The van der Waals surface area contributed by atoms with Gasteiger partial charge in [0.2, 0.25) is 11.5 Å². The van der Waals surface area contributed by atoms with Gasteiger partial charge in [0.15, 0.2) is 0 Å². The lowest BCUT2D eigenvalue weighted by atomic mass is 9.95. The first-order valence-electron chi connectivity index (χ1n) is 7.01. The van der Waals surface area contributed by atoms with Crippen molar-refractivity contribution in [2.45, 2.75) is 18.4 Å². The highest BCUT2D eigenvalue weighted by atomic mass is 35.5. The molecule has 0 radical (unpaired) electrons. The van der Waals surface area contributed by atoms with Crippen molar-refractivity contribution < 1.29 is 14.4 Å². The third-order valence-corrected chi connectivity index (χ3v) is 5.12. The van der Waals surface area contributed by atoms with Crippen LogP contribution in [0, 0.1) is 0 Å². The number of thiophene rings is 1. The number of hydrogen-bond donors (Lipinski definition) is 0. The molecule has 0 aliphatic carbocycles. The van der Waals surface area contributed by atoms with Gasteiger partial charge in [-0.25, -0.2) is 4.90 Å². The third-order valence-electron chi connectivity index (χ3n) is 3.95. The van der Waals surface area contributed by atoms with Gasteiger partial charge in [0.25, 0.3) is 5.91 Å². The second-order valence-electron chi connectivity index (χ2n) is 5.47. The van der Waals surface area contributed by atoms with E-state index in [1.165, 1.54) is 11.3 Å². The summed E-state index contributed by atoms with van der Waals surface area (Å²) in [7, 11) is 0. The van der Waals surface area contributed by atoms with Gasteiger partial charge in [-0.05, 0) is 35.7 Å². The molecule has 1 aromatic heterocycles. The Morgan fingerprint density at radius 3 is 2.65 bits per heavy atom. The fourth-order valence-corrected chi connectivity index (χ4v) is 3.66. The Hall–Kier alpha value is -2.18. The number of carbonyl (C=O) groups is 2. The fraction of sp³-hybridized carbons (Fsp3) is 0.188. The zero-order valence-electron chi connectivity index (χ0n) is 11.9. The molecule has 0 bridgehead atoms. The number of hydrogen-bond acceptors (Lipinski definition) is 5. The normalized spacial score (nSPS) is 23.5. The van der Waals surface area contributed by atoms with Crippen LogP contribution >= 0.6 is 22.9 Å². The minimum Gasteiger partial charge on any atom is -0.378 e. The van der Waals surface area contributed by atoms with Gasteiger partial charge in [-0.2, -0.15) is 0 Å². The molecular weight excluding hydrogens is 336 g/mol. The Bertz CT molecular complexity index is 816. The average molecular weight is 347 g/mol. The predicted octanol–water partition coefficient (Wildman–Crippen LogP) is 3.23. The number of nitrogens with zero attached hydrogens (tertiary/aromatic N) is 2. The molecule has 0 saturated carbocycles. The van der Waals surface area contributed by atoms with Gasteiger partial charge in [0.05, 0.1) is 17.0 Å². The second-order valence-corrected chi connectivity index (χ2v) is 6.85. The molecule has 2 aliphatic heterocycles. The molecule has 3 heterocycles. The number of halogens is 1. The zero-order valence-corrected chi connectivity index (χ0v) is 13.4. The summed E-state index contributed by atoms with van der Waals surface area (Å²) in [5.41, 5.74) is -0.00989. The van der Waals surface area contributed by atoms with Crippen molar-refractivity contribution in [3.05, 3.63) is 51.7 Å². The molecule has 4 rings (SSSR count). The standard InChI is InChI=1S/C16H11ClN2O3S/c17-10-3-5-11(6-4-10)19-14(20)9-16(15(19)21)8-12(18-22-16)13-2-1-7-23-13/h1-7H,8-9H2/t16-/m0/s1. The third kappa shape index (κ3) is 2.26. The number of imide groups is 1. The van der Waals surface area contributed by atoms with Crippen LogP contribution in [0.3, 0.4) is 0 Å². The van der Waals surface area contributed by atoms with Crippen molar-refractivity contribution in [3.63, 3.8) is 0 Å². The lowest BCUT2D eigenvalue weighted by Crippen LogP contribution is -2.40. The molecule has 23 heavy (non-hydrogen) atoms. The first kappa shape index (κ1) is 14.4. The van der Waals surface area contributed by atoms with Gasteiger partial charge < -0.3 is 4.84 Å². The van der Waals surface area contributed by atoms with Crippen molar-refractivity contribution in [3.8, 4) is 0 Å². The first-order valence-corrected chi connectivity index (χ1v) is 8.27. The van der Waals surface area contributed by atoms with Crippen LogP contribution in [0.4, 0.5) is 5.69 Å². The Balaban J connectivity index is 1.62. The summed E-state index contributed by atoms with van der Waals surface area (Å²) in [4.78, 5) is 32.7. The molecule has 0 unspecified atom stereocenters. The van der Waals surface area contributed by atoms with Crippen molar-refractivity contribution in [2.24, 2.45) is 5.16 Å². The Morgan fingerprint density at radius 2 is 1.96 bits per heavy atom. The van der Waals surface area contributed by atoms with E-state index in [-0.39, 0.29) is 18.2 Å². The number of rotatable bonds is 2. The number of oxime groups is 1. The molecule has 2 aliphatic rings. The summed E-state index contributed by atoms with van der Waals surface area (Å²) in [6.07, 6.45) is 0.301. The zero-order chi connectivity index (χ0) is 16.0. The van der Waals surface area contributed by atoms with Crippen LogP contribution in [-0.2, 0) is 14.4 Å². The molecule has 1 fully saturated rings. The van der Waals surface area contributed by atoms with Crippen LogP contribution in [0.2, 0.25) is 5.02 Å². The maximum atomic E-state index is 12.8. The van der Waals surface area contributed by atoms with E-state index in [2.05, 4.69) is 5.16 Å². The molecule has 0 N–H and O–H groups in total. The summed E-state index contributed by atoms with van der Waals surface area (Å²) in [5.74, 6) is -0.667. The molecule has 1 atom stereocenters.